The van der Waals surface area contributed by atoms with Gasteiger partial charge in [-0.2, -0.15) is 0 Å². The van der Waals surface area contributed by atoms with Crippen LogP contribution in [0.5, 0.6) is 0 Å². The molecule has 56 valence electrons. The largest absolute Gasteiger partial charge is 0.302 e. The number of Topliss-reactive ketones (excluding diaryl/α,β-unsaturated/α-hetero) is 2. The van der Waals surface area contributed by atoms with Crippen molar-refractivity contribution in [3.63, 3.8) is 0 Å². The van der Waals surface area contributed by atoms with Crippen molar-refractivity contribution in [1.82, 2.24) is 0 Å². The molecule has 0 aromatic rings. The fourth-order valence-corrected chi connectivity index (χ4v) is 0.477. The average molecular weight is 141 g/mol. The number of hydrogen-bond acceptors (Lipinski definition) is 3. The fourth-order valence-electron chi connectivity index (χ4n) is 0.477. The zero-order valence-electron chi connectivity index (χ0n) is 6.23. The Morgan fingerprint density at radius 3 is 2.00 bits per heavy atom. The molecule has 0 saturated heterocycles. The van der Waals surface area contributed by atoms with Gasteiger partial charge in [0.25, 0.3) is 0 Å². The lowest BCUT2D eigenvalue weighted by molar-refractivity contribution is -0.120. The average Bonchev–Trinajstić information content (AvgIpc) is 1.82. The van der Waals surface area contributed by atoms with Crippen LogP contribution in [-0.2, 0) is 9.59 Å². The van der Waals surface area contributed by atoms with Crippen molar-refractivity contribution < 1.29 is 9.59 Å². The Morgan fingerprint density at radius 2 is 1.70 bits per heavy atom. The maximum Gasteiger partial charge on any atom is 0.176 e. The quantitative estimate of drug-likeness (QED) is 0.593. The van der Waals surface area contributed by atoms with E-state index < -0.39 is 0 Å². The van der Waals surface area contributed by atoms with Gasteiger partial charge in [0.2, 0.25) is 0 Å². The van der Waals surface area contributed by atoms with Crippen LogP contribution in [0.3, 0.4) is 0 Å². The molecule has 0 rings (SSSR count). The minimum Gasteiger partial charge on any atom is -0.302 e. The summed E-state index contributed by atoms with van der Waals surface area (Å²) in [7, 11) is 0. The van der Waals surface area contributed by atoms with Gasteiger partial charge in [0, 0.05) is 12.8 Å². The molecule has 10 heavy (non-hydrogen) atoms. The van der Waals surface area contributed by atoms with Crippen molar-refractivity contribution >= 4 is 17.3 Å². The third-order valence-corrected chi connectivity index (χ3v) is 1.12. The first-order valence-electron chi connectivity index (χ1n) is 3.12. The molecule has 0 atom stereocenters. The number of carbonyl (C=O) groups is 2. The molecule has 0 unspecified atom stereocenters. The van der Waals surface area contributed by atoms with Gasteiger partial charge in [0.05, 0.1) is 5.71 Å². The first-order valence-corrected chi connectivity index (χ1v) is 3.12. The van der Waals surface area contributed by atoms with E-state index in [4.69, 9.17) is 5.41 Å². The molecule has 0 aromatic carbocycles. The minimum absolute atomic E-state index is 0.00500. The van der Waals surface area contributed by atoms with Crippen molar-refractivity contribution in [2.75, 3.05) is 0 Å². The van der Waals surface area contributed by atoms with Crippen LogP contribution in [0.2, 0.25) is 0 Å². The molecule has 0 saturated carbocycles. The molecule has 0 radical (unpaired) electrons. The van der Waals surface area contributed by atoms with Gasteiger partial charge in [-0.1, -0.05) is 0 Å². The number of rotatable bonds is 4. The molecular weight excluding hydrogens is 130 g/mol. The van der Waals surface area contributed by atoms with Crippen LogP contribution < -0.4 is 0 Å². The zero-order valence-corrected chi connectivity index (χ0v) is 6.23. The van der Waals surface area contributed by atoms with Crippen LogP contribution >= 0.6 is 0 Å². The summed E-state index contributed by atoms with van der Waals surface area (Å²) >= 11 is 0. The van der Waals surface area contributed by atoms with Crippen molar-refractivity contribution in [2.24, 2.45) is 0 Å². The van der Waals surface area contributed by atoms with E-state index in [1.807, 2.05) is 0 Å². The molecule has 0 spiro atoms. The Hall–Kier alpha value is -0.990. The number of hydrogen-bond donors (Lipinski definition) is 1. The lowest BCUT2D eigenvalue weighted by atomic mass is 10.1. The second-order valence-electron chi connectivity index (χ2n) is 2.25. The second kappa shape index (κ2) is 3.93. The van der Waals surface area contributed by atoms with E-state index in [1.54, 1.807) is 0 Å². The summed E-state index contributed by atoms with van der Waals surface area (Å²) in [6, 6.07) is 0. The first kappa shape index (κ1) is 9.01. The summed E-state index contributed by atoms with van der Waals surface area (Å²) in [4.78, 5) is 21.0. The van der Waals surface area contributed by atoms with E-state index in [9.17, 15) is 9.59 Å². The molecule has 0 aliphatic carbocycles. The Kier molecular flexibility index (Phi) is 3.54. The monoisotopic (exact) mass is 141 g/mol. The van der Waals surface area contributed by atoms with Crippen LogP contribution in [-0.4, -0.2) is 17.3 Å². The standard InChI is InChI=1S/C7H11NO2/c1-5(9)3-4-7(10)6(2)8/h8H,3-4H2,1-2H3. The first-order chi connectivity index (χ1) is 4.54. The predicted octanol–water partition coefficient (Wildman–Crippen LogP) is 0.964. The second-order valence-corrected chi connectivity index (χ2v) is 2.25. The van der Waals surface area contributed by atoms with Crippen molar-refractivity contribution in [2.45, 2.75) is 26.7 Å². The Bertz CT molecular complexity index is 172. The molecule has 3 nitrogen and oxygen atoms in total. The van der Waals surface area contributed by atoms with Crippen LogP contribution in [0.1, 0.15) is 26.7 Å². The Balaban J connectivity index is 3.60. The smallest absolute Gasteiger partial charge is 0.176 e. The number of ketones is 2. The van der Waals surface area contributed by atoms with Gasteiger partial charge in [0.15, 0.2) is 5.78 Å². The van der Waals surface area contributed by atoms with Crippen molar-refractivity contribution in [3.8, 4) is 0 Å². The third kappa shape index (κ3) is 3.95. The Labute approximate surface area is 59.9 Å². The van der Waals surface area contributed by atoms with Crippen LogP contribution in [0.4, 0.5) is 0 Å². The SMILES string of the molecule is CC(=N)C(=O)CCC(C)=O. The van der Waals surface area contributed by atoms with E-state index in [1.165, 1.54) is 13.8 Å². The van der Waals surface area contributed by atoms with Gasteiger partial charge in [-0.15, -0.1) is 0 Å². The topological polar surface area (TPSA) is 58.0 Å². The highest BCUT2D eigenvalue weighted by atomic mass is 16.1. The summed E-state index contributed by atoms with van der Waals surface area (Å²) in [6.45, 7) is 2.87. The lowest BCUT2D eigenvalue weighted by Gasteiger charge is -1.93. The molecule has 1 N–H and O–H groups in total. The summed E-state index contributed by atoms with van der Waals surface area (Å²) in [5.74, 6) is -0.246. The highest BCUT2D eigenvalue weighted by Crippen LogP contribution is 1.92. The Morgan fingerprint density at radius 1 is 1.20 bits per heavy atom. The number of carbonyl (C=O) groups excluding carboxylic acids is 2. The van der Waals surface area contributed by atoms with E-state index >= 15 is 0 Å². The molecule has 3 heteroatoms. The highest BCUT2D eigenvalue weighted by molar-refractivity contribution is 6.37. The van der Waals surface area contributed by atoms with Gasteiger partial charge in [-0.3, -0.25) is 4.79 Å². The van der Waals surface area contributed by atoms with E-state index in [-0.39, 0.29) is 30.1 Å². The third-order valence-electron chi connectivity index (χ3n) is 1.12. The molecule has 0 aromatic heterocycles. The minimum atomic E-state index is -0.241. The molecule has 0 bridgehead atoms. The lowest BCUT2D eigenvalue weighted by Crippen LogP contribution is -2.09. The van der Waals surface area contributed by atoms with E-state index in [0.717, 1.165) is 0 Å². The molecule has 0 heterocycles. The molecular formula is C7H11NO2. The van der Waals surface area contributed by atoms with Crippen LogP contribution in [0.15, 0.2) is 0 Å². The number of nitrogens with one attached hydrogen (secondary N) is 1. The van der Waals surface area contributed by atoms with E-state index in [0.29, 0.717) is 0 Å². The van der Waals surface area contributed by atoms with Gasteiger partial charge >= 0.3 is 0 Å². The van der Waals surface area contributed by atoms with Crippen molar-refractivity contribution in [3.05, 3.63) is 0 Å². The van der Waals surface area contributed by atoms with E-state index in [2.05, 4.69) is 0 Å². The highest BCUT2D eigenvalue weighted by Gasteiger charge is 2.04. The zero-order chi connectivity index (χ0) is 8.15. The van der Waals surface area contributed by atoms with Gasteiger partial charge in [-0.25, -0.2) is 0 Å². The van der Waals surface area contributed by atoms with Gasteiger partial charge in [-0.05, 0) is 13.8 Å². The molecule has 0 fully saturated rings. The normalized spacial score (nSPS) is 9.00. The maximum atomic E-state index is 10.7. The van der Waals surface area contributed by atoms with Gasteiger partial charge in [0.1, 0.15) is 5.78 Å². The van der Waals surface area contributed by atoms with Crippen molar-refractivity contribution in [1.29, 1.82) is 5.41 Å². The summed E-state index contributed by atoms with van der Waals surface area (Å²) < 4.78 is 0. The summed E-state index contributed by atoms with van der Waals surface area (Å²) in [5, 5.41) is 6.88. The van der Waals surface area contributed by atoms with Gasteiger partial charge < -0.3 is 10.2 Å². The summed E-state index contributed by atoms with van der Waals surface area (Å²) in [5.41, 5.74) is 0.0289. The predicted molar refractivity (Wildman–Crippen MR) is 38.3 cm³/mol. The molecule has 0 aliphatic rings. The molecule has 0 aliphatic heterocycles. The summed E-state index contributed by atoms with van der Waals surface area (Å²) in [6.07, 6.45) is 0.444. The van der Waals surface area contributed by atoms with Crippen LogP contribution in [0, 0.1) is 5.41 Å². The molecule has 0 amide bonds. The fraction of sp³-hybridized carbons (Fsp3) is 0.571. The van der Waals surface area contributed by atoms with Crippen LogP contribution in [0.25, 0.3) is 0 Å². The maximum absolute atomic E-state index is 10.7.